The number of amides is 2. The van der Waals surface area contributed by atoms with Gasteiger partial charge in [0.1, 0.15) is 5.82 Å². The Morgan fingerprint density at radius 3 is 2.27 bits per heavy atom. The van der Waals surface area contributed by atoms with Gasteiger partial charge in [0, 0.05) is 16.9 Å². The van der Waals surface area contributed by atoms with Gasteiger partial charge in [-0.15, -0.1) is 0 Å². The van der Waals surface area contributed by atoms with Gasteiger partial charge in [-0.2, -0.15) is 0 Å². The minimum absolute atomic E-state index is 0.327. The van der Waals surface area contributed by atoms with Gasteiger partial charge in [0.15, 0.2) is 0 Å². The third-order valence-corrected chi connectivity index (χ3v) is 3.42. The molecule has 0 aliphatic rings. The van der Waals surface area contributed by atoms with Crippen LogP contribution in [0, 0.1) is 5.82 Å². The van der Waals surface area contributed by atoms with Crippen LogP contribution >= 0.6 is 15.9 Å². The first-order valence-electron chi connectivity index (χ1n) is 6.29. The molecule has 0 aliphatic heterocycles. The fourth-order valence-electron chi connectivity index (χ4n) is 1.68. The Kier molecular flexibility index (Phi) is 5.06. The molecule has 0 radical (unpaired) electrons. The molecule has 2 N–H and O–H groups in total. The van der Waals surface area contributed by atoms with Gasteiger partial charge in [0.2, 0.25) is 5.91 Å². The number of rotatable bonds is 4. The zero-order chi connectivity index (χ0) is 16.1. The molecule has 2 aromatic rings. The SMILES string of the molecule is C=CC(=O)Nc1ccc(C(=O)Nc2ccc(Br)c(F)c2)cc1. The van der Waals surface area contributed by atoms with E-state index in [0.29, 0.717) is 21.4 Å². The van der Waals surface area contributed by atoms with E-state index in [2.05, 4.69) is 33.1 Å². The van der Waals surface area contributed by atoms with Crippen LogP contribution in [-0.4, -0.2) is 11.8 Å². The van der Waals surface area contributed by atoms with Crippen LogP contribution in [0.1, 0.15) is 10.4 Å². The van der Waals surface area contributed by atoms with Crippen LogP contribution < -0.4 is 10.6 Å². The van der Waals surface area contributed by atoms with Crippen molar-refractivity contribution in [2.24, 2.45) is 0 Å². The molecule has 22 heavy (non-hydrogen) atoms. The molecule has 2 amide bonds. The molecule has 0 fully saturated rings. The van der Waals surface area contributed by atoms with Gasteiger partial charge in [0.25, 0.3) is 5.91 Å². The van der Waals surface area contributed by atoms with Crippen molar-refractivity contribution < 1.29 is 14.0 Å². The lowest BCUT2D eigenvalue weighted by Gasteiger charge is -2.07. The smallest absolute Gasteiger partial charge is 0.255 e. The van der Waals surface area contributed by atoms with Crippen molar-refractivity contribution in [2.45, 2.75) is 0 Å². The highest BCUT2D eigenvalue weighted by Crippen LogP contribution is 2.20. The first-order valence-corrected chi connectivity index (χ1v) is 7.09. The Balaban J connectivity index is 2.07. The molecule has 6 heteroatoms. The summed E-state index contributed by atoms with van der Waals surface area (Å²) >= 11 is 3.04. The molecule has 0 atom stereocenters. The number of halogens is 2. The standard InChI is InChI=1S/C16H12BrFN2O2/c1-2-15(21)19-11-5-3-10(4-6-11)16(22)20-12-7-8-13(17)14(18)9-12/h2-9H,1H2,(H,19,21)(H,20,22). The quantitative estimate of drug-likeness (QED) is 0.808. The lowest BCUT2D eigenvalue weighted by Crippen LogP contribution is -2.12. The van der Waals surface area contributed by atoms with E-state index < -0.39 is 5.82 Å². The average Bonchev–Trinajstić information content (AvgIpc) is 2.51. The lowest BCUT2D eigenvalue weighted by atomic mass is 10.2. The molecule has 0 saturated carbocycles. The maximum Gasteiger partial charge on any atom is 0.255 e. The van der Waals surface area contributed by atoms with Gasteiger partial charge in [-0.25, -0.2) is 4.39 Å². The minimum Gasteiger partial charge on any atom is -0.323 e. The monoisotopic (exact) mass is 362 g/mol. The summed E-state index contributed by atoms with van der Waals surface area (Å²) in [5, 5.41) is 5.17. The molecule has 4 nitrogen and oxygen atoms in total. The Labute approximate surface area is 135 Å². The summed E-state index contributed by atoms with van der Waals surface area (Å²) in [5.74, 6) is -1.16. The molecule has 0 aliphatic carbocycles. The van der Waals surface area contributed by atoms with Crippen molar-refractivity contribution >= 4 is 39.1 Å². The summed E-state index contributed by atoms with van der Waals surface area (Å²) in [6, 6.07) is 10.6. The fraction of sp³-hybridized carbons (Fsp3) is 0. The van der Waals surface area contributed by atoms with E-state index in [0.717, 1.165) is 6.08 Å². The zero-order valence-corrected chi connectivity index (χ0v) is 13.0. The van der Waals surface area contributed by atoms with Crippen LogP contribution in [-0.2, 0) is 4.79 Å². The van der Waals surface area contributed by atoms with Crippen molar-refractivity contribution in [1.29, 1.82) is 0 Å². The Bertz CT molecular complexity index is 729. The zero-order valence-electron chi connectivity index (χ0n) is 11.4. The van der Waals surface area contributed by atoms with Gasteiger partial charge in [0.05, 0.1) is 4.47 Å². The van der Waals surface area contributed by atoms with Crippen LogP contribution in [0.25, 0.3) is 0 Å². The second kappa shape index (κ2) is 7.00. The molecule has 112 valence electrons. The van der Waals surface area contributed by atoms with E-state index in [1.54, 1.807) is 30.3 Å². The molecule has 0 heterocycles. The third kappa shape index (κ3) is 4.02. The predicted octanol–water partition coefficient (Wildman–Crippen LogP) is 3.97. The molecule has 0 bridgehead atoms. The summed E-state index contributed by atoms with van der Waals surface area (Å²) in [6.45, 7) is 3.35. The molecular formula is C16H12BrFN2O2. The maximum absolute atomic E-state index is 13.4. The summed E-state index contributed by atoms with van der Waals surface area (Å²) in [5.41, 5.74) is 1.30. The molecular weight excluding hydrogens is 351 g/mol. The van der Waals surface area contributed by atoms with Crippen LogP contribution in [0.2, 0.25) is 0 Å². The van der Waals surface area contributed by atoms with E-state index in [1.165, 1.54) is 12.1 Å². The van der Waals surface area contributed by atoms with Crippen molar-refractivity contribution in [3.8, 4) is 0 Å². The number of carbonyl (C=O) groups excluding carboxylic acids is 2. The number of carbonyl (C=O) groups is 2. The first kappa shape index (κ1) is 15.9. The topological polar surface area (TPSA) is 58.2 Å². The van der Waals surface area contributed by atoms with E-state index >= 15 is 0 Å². The molecule has 0 unspecified atom stereocenters. The highest BCUT2D eigenvalue weighted by Gasteiger charge is 2.08. The van der Waals surface area contributed by atoms with Crippen molar-refractivity contribution in [3.63, 3.8) is 0 Å². The number of hydrogen-bond acceptors (Lipinski definition) is 2. The molecule has 2 rings (SSSR count). The Morgan fingerprint density at radius 2 is 1.68 bits per heavy atom. The van der Waals surface area contributed by atoms with Gasteiger partial charge in [-0.3, -0.25) is 9.59 Å². The number of hydrogen-bond donors (Lipinski definition) is 2. The van der Waals surface area contributed by atoms with Crippen LogP contribution in [0.5, 0.6) is 0 Å². The highest BCUT2D eigenvalue weighted by molar-refractivity contribution is 9.10. The first-order chi connectivity index (χ1) is 10.5. The molecule has 0 spiro atoms. The van der Waals surface area contributed by atoms with Gasteiger partial charge in [-0.1, -0.05) is 6.58 Å². The van der Waals surface area contributed by atoms with Crippen LogP contribution in [0.4, 0.5) is 15.8 Å². The van der Waals surface area contributed by atoms with E-state index in [9.17, 15) is 14.0 Å². The van der Waals surface area contributed by atoms with Gasteiger partial charge in [-0.05, 0) is 64.5 Å². The van der Waals surface area contributed by atoms with Crippen molar-refractivity contribution in [2.75, 3.05) is 10.6 Å². The van der Waals surface area contributed by atoms with E-state index in [-0.39, 0.29) is 11.8 Å². The molecule has 0 saturated heterocycles. The Morgan fingerprint density at radius 1 is 1.05 bits per heavy atom. The number of anilines is 2. The second-order valence-electron chi connectivity index (χ2n) is 4.35. The van der Waals surface area contributed by atoms with Crippen LogP contribution in [0.15, 0.2) is 59.6 Å². The molecule has 0 aromatic heterocycles. The molecule has 2 aromatic carbocycles. The van der Waals surface area contributed by atoms with Crippen molar-refractivity contribution in [1.82, 2.24) is 0 Å². The van der Waals surface area contributed by atoms with E-state index in [1.807, 2.05) is 0 Å². The summed E-state index contributed by atoms with van der Waals surface area (Å²) in [6.07, 6.45) is 1.16. The lowest BCUT2D eigenvalue weighted by molar-refractivity contribution is -0.111. The fourth-order valence-corrected chi connectivity index (χ4v) is 1.92. The minimum atomic E-state index is -0.458. The highest BCUT2D eigenvalue weighted by atomic mass is 79.9. The van der Waals surface area contributed by atoms with E-state index in [4.69, 9.17) is 0 Å². The summed E-state index contributed by atoms with van der Waals surface area (Å²) in [7, 11) is 0. The number of nitrogens with one attached hydrogen (secondary N) is 2. The third-order valence-electron chi connectivity index (χ3n) is 2.78. The Hall–Kier alpha value is -2.47. The van der Waals surface area contributed by atoms with Gasteiger partial charge < -0.3 is 10.6 Å². The summed E-state index contributed by atoms with van der Waals surface area (Å²) in [4.78, 5) is 23.2. The van der Waals surface area contributed by atoms with Crippen LogP contribution in [0.3, 0.4) is 0 Å². The van der Waals surface area contributed by atoms with Crippen molar-refractivity contribution in [3.05, 3.63) is 71.0 Å². The largest absolute Gasteiger partial charge is 0.323 e. The average molecular weight is 363 g/mol. The normalized spacial score (nSPS) is 9.91. The predicted molar refractivity (Wildman–Crippen MR) is 87.3 cm³/mol. The number of benzene rings is 2. The second-order valence-corrected chi connectivity index (χ2v) is 5.21. The summed E-state index contributed by atoms with van der Waals surface area (Å²) < 4.78 is 13.7. The van der Waals surface area contributed by atoms with Gasteiger partial charge >= 0.3 is 0 Å². The maximum atomic E-state index is 13.4.